The molecule has 1 fully saturated rings. The fraction of sp³-hybridized carbons (Fsp3) is 0.556. The number of hydrogen-bond acceptors (Lipinski definition) is 4. The van der Waals surface area contributed by atoms with Crippen molar-refractivity contribution in [3.05, 3.63) is 18.2 Å². The van der Waals surface area contributed by atoms with Gasteiger partial charge in [0.05, 0.1) is 6.54 Å². The smallest absolute Gasteiger partial charge is 0.224 e. The van der Waals surface area contributed by atoms with Gasteiger partial charge >= 0.3 is 0 Å². The van der Waals surface area contributed by atoms with Crippen LogP contribution in [0.4, 0.5) is 0 Å². The highest BCUT2D eigenvalue weighted by Gasteiger charge is 2.36. The van der Waals surface area contributed by atoms with E-state index in [1.54, 1.807) is 17.0 Å². The van der Waals surface area contributed by atoms with E-state index < -0.39 is 15.3 Å². The second-order valence-corrected chi connectivity index (χ2v) is 5.99. The van der Waals surface area contributed by atoms with Crippen molar-refractivity contribution in [2.45, 2.75) is 18.2 Å². The fourth-order valence-electron chi connectivity index (χ4n) is 1.83. The molecule has 2 N–H and O–H groups in total. The van der Waals surface area contributed by atoms with Crippen molar-refractivity contribution in [2.75, 3.05) is 6.54 Å². The summed E-state index contributed by atoms with van der Waals surface area (Å²) in [6.07, 6.45) is 3.36. The Hall–Kier alpha value is -1.41. The molecule has 1 atom stereocenters. The lowest BCUT2D eigenvalue weighted by atomic mass is 10.4. The van der Waals surface area contributed by atoms with Gasteiger partial charge in [-0.3, -0.25) is 4.79 Å². The summed E-state index contributed by atoms with van der Waals surface area (Å²) in [6, 6.07) is 0. The van der Waals surface area contributed by atoms with E-state index in [9.17, 15) is 13.2 Å². The number of likely N-dealkylation sites (tertiary alicyclic amines) is 1. The van der Waals surface area contributed by atoms with Crippen molar-refractivity contribution in [3.63, 3.8) is 0 Å². The Morgan fingerprint density at radius 3 is 2.76 bits per heavy atom. The lowest BCUT2D eigenvalue weighted by Gasteiger charge is -2.15. The minimum absolute atomic E-state index is 0.0384. The first-order chi connectivity index (χ1) is 7.88. The topological polar surface area (TPSA) is 98.3 Å². The number of primary sulfonamides is 1. The predicted molar refractivity (Wildman–Crippen MR) is 60.1 cm³/mol. The monoisotopic (exact) mass is 258 g/mol. The summed E-state index contributed by atoms with van der Waals surface area (Å²) in [7, 11) is -1.83. The molecule has 1 amide bonds. The van der Waals surface area contributed by atoms with Crippen molar-refractivity contribution in [1.29, 1.82) is 0 Å². The molecular formula is C9H14N4O3S. The number of aryl methyl sites for hydroxylation is 1. The maximum atomic E-state index is 11.6. The highest BCUT2D eigenvalue weighted by molar-refractivity contribution is 7.89. The van der Waals surface area contributed by atoms with Gasteiger partial charge in [-0.05, 0) is 0 Å². The Morgan fingerprint density at radius 1 is 1.59 bits per heavy atom. The van der Waals surface area contributed by atoms with E-state index in [0.29, 0.717) is 12.4 Å². The van der Waals surface area contributed by atoms with Crippen LogP contribution >= 0.6 is 0 Å². The fourth-order valence-corrected chi connectivity index (χ4v) is 2.59. The number of nitrogens with zero attached hydrogens (tertiary/aromatic N) is 3. The predicted octanol–water partition coefficient (Wildman–Crippen LogP) is -1.19. The van der Waals surface area contributed by atoms with Crippen LogP contribution in [0.2, 0.25) is 0 Å². The van der Waals surface area contributed by atoms with Crippen LogP contribution in [0.5, 0.6) is 0 Å². The number of aromatic nitrogens is 2. The quantitative estimate of drug-likeness (QED) is 0.737. The molecule has 1 saturated heterocycles. The molecule has 1 aliphatic heterocycles. The number of amides is 1. The van der Waals surface area contributed by atoms with Gasteiger partial charge in [0, 0.05) is 32.4 Å². The molecule has 0 bridgehead atoms. The minimum Gasteiger partial charge on any atom is -0.337 e. The molecule has 7 nitrogen and oxygen atoms in total. The van der Waals surface area contributed by atoms with Gasteiger partial charge in [-0.1, -0.05) is 0 Å². The van der Waals surface area contributed by atoms with E-state index in [2.05, 4.69) is 4.98 Å². The number of nitrogens with two attached hydrogens (primary N) is 1. The van der Waals surface area contributed by atoms with Crippen LogP contribution in [-0.4, -0.2) is 40.6 Å². The molecule has 2 heterocycles. The summed E-state index contributed by atoms with van der Waals surface area (Å²) < 4.78 is 24.1. The summed E-state index contributed by atoms with van der Waals surface area (Å²) in [5.74, 6) is 0.514. The van der Waals surface area contributed by atoms with Gasteiger partial charge in [0.2, 0.25) is 15.9 Å². The lowest BCUT2D eigenvalue weighted by Crippen LogP contribution is -2.32. The Morgan fingerprint density at radius 2 is 2.29 bits per heavy atom. The third kappa shape index (κ3) is 2.47. The van der Waals surface area contributed by atoms with Crippen LogP contribution in [-0.2, 0) is 28.4 Å². The lowest BCUT2D eigenvalue weighted by molar-refractivity contribution is -0.128. The molecule has 1 aliphatic rings. The number of carbonyl (C=O) groups is 1. The van der Waals surface area contributed by atoms with Gasteiger partial charge in [-0.15, -0.1) is 0 Å². The largest absolute Gasteiger partial charge is 0.337 e. The van der Waals surface area contributed by atoms with Gasteiger partial charge < -0.3 is 9.47 Å². The maximum Gasteiger partial charge on any atom is 0.224 e. The first kappa shape index (κ1) is 12.1. The summed E-state index contributed by atoms with van der Waals surface area (Å²) >= 11 is 0. The normalized spacial score (nSPS) is 21.2. The van der Waals surface area contributed by atoms with Gasteiger partial charge in [-0.25, -0.2) is 18.5 Å². The van der Waals surface area contributed by atoms with Crippen molar-refractivity contribution >= 4 is 15.9 Å². The van der Waals surface area contributed by atoms with Crippen molar-refractivity contribution in [2.24, 2.45) is 12.2 Å². The Kier molecular flexibility index (Phi) is 2.92. The van der Waals surface area contributed by atoms with Crippen LogP contribution in [0.15, 0.2) is 12.4 Å². The van der Waals surface area contributed by atoms with Crippen molar-refractivity contribution in [3.8, 4) is 0 Å². The number of hydrogen-bond donors (Lipinski definition) is 1. The van der Waals surface area contributed by atoms with E-state index in [1.165, 1.54) is 4.90 Å². The van der Waals surface area contributed by atoms with E-state index >= 15 is 0 Å². The standard InChI is InChI=1S/C9H14N4O3S/c1-12-3-2-11-8(12)6-13-5-7(4-9(13)14)17(10,15)16/h2-3,7H,4-6H2,1H3,(H2,10,15,16). The van der Waals surface area contributed by atoms with E-state index in [0.717, 1.165) is 0 Å². The molecule has 0 spiro atoms. The van der Waals surface area contributed by atoms with Crippen molar-refractivity contribution < 1.29 is 13.2 Å². The zero-order chi connectivity index (χ0) is 12.6. The highest BCUT2D eigenvalue weighted by Crippen LogP contribution is 2.18. The van der Waals surface area contributed by atoms with E-state index in [-0.39, 0.29) is 18.9 Å². The van der Waals surface area contributed by atoms with Crippen LogP contribution in [0, 0.1) is 0 Å². The van der Waals surface area contributed by atoms with Gasteiger partial charge in [0.15, 0.2) is 0 Å². The van der Waals surface area contributed by atoms with Gasteiger partial charge in [-0.2, -0.15) is 0 Å². The van der Waals surface area contributed by atoms with Crippen LogP contribution < -0.4 is 5.14 Å². The Bertz CT molecular complexity index is 536. The van der Waals surface area contributed by atoms with Crippen LogP contribution in [0.25, 0.3) is 0 Å². The molecule has 0 aliphatic carbocycles. The summed E-state index contributed by atoms with van der Waals surface area (Å²) in [4.78, 5) is 17.2. The molecule has 0 saturated carbocycles. The van der Waals surface area contributed by atoms with E-state index in [4.69, 9.17) is 5.14 Å². The second kappa shape index (κ2) is 4.11. The minimum atomic E-state index is -3.65. The van der Waals surface area contributed by atoms with E-state index in [1.807, 2.05) is 7.05 Å². The molecule has 0 aromatic carbocycles. The SMILES string of the molecule is Cn1ccnc1CN1CC(S(N)(=O)=O)CC1=O. The Labute approximate surface area is 99.3 Å². The van der Waals surface area contributed by atoms with Gasteiger partial charge in [0.1, 0.15) is 11.1 Å². The third-order valence-corrected chi connectivity index (χ3v) is 4.14. The summed E-state index contributed by atoms with van der Waals surface area (Å²) in [6.45, 7) is 0.457. The number of sulfonamides is 1. The zero-order valence-electron chi connectivity index (χ0n) is 9.41. The van der Waals surface area contributed by atoms with Crippen molar-refractivity contribution in [1.82, 2.24) is 14.5 Å². The van der Waals surface area contributed by atoms with Gasteiger partial charge in [0.25, 0.3) is 0 Å². The molecule has 1 aromatic heterocycles. The Balaban J connectivity index is 2.10. The first-order valence-corrected chi connectivity index (χ1v) is 6.74. The summed E-state index contributed by atoms with van der Waals surface area (Å²) in [5, 5.41) is 4.24. The highest BCUT2D eigenvalue weighted by atomic mass is 32.2. The van der Waals surface area contributed by atoms with Crippen LogP contribution in [0.3, 0.4) is 0 Å². The molecule has 8 heteroatoms. The molecule has 1 aromatic rings. The zero-order valence-corrected chi connectivity index (χ0v) is 10.2. The molecule has 17 heavy (non-hydrogen) atoms. The number of rotatable bonds is 3. The maximum absolute atomic E-state index is 11.6. The molecule has 2 rings (SSSR count). The number of carbonyl (C=O) groups excluding carboxylic acids is 1. The number of imidazole rings is 1. The van der Waals surface area contributed by atoms with Crippen LogP contribution in [0.1, 0.15) is 12.2 Å². The third-order valence-electron chi connectivity index (χ3n) is 2.90. The molecular weight excluding hydrogens is 244 g/mol. The molecule has 0 radical (unpaired) electrons. The average molecular weight is 258 g/mol. The summed E-state index contributed by atoms with van der Waals surface area (Å²) in [5.41, 5.74) is 0. The second-order valence-electron chi connectivity index (χ2n) is 4.14. The average Bonchev–Trinajstić information content (AvgIpc) is 2.75. The molecule has 1 unspecified atom stereocenters. The first-order valence-electron chi connectivity index (χ1n) is 5.13. The molecule has 94 valence electrons.